The molecular weight excluding hydrogens is 307 g/mol. The van der Waals surface area contributed by atoms with Crippen LogP contribution in [0.3, 0.4) is 0 Å². The van der Waals surface area contributed by atoms with Crippen LogP contribution in [0.2, 0.25) is 0 Å². The number of hydrogen-bond acceptors (Lipinski definition) is 4. The largest absolute Gasteiger partial charge is 0.403 e. The smallest absolute Gasteiger partial charge is 0.243 e. The average Bonchev–Trinajstić information content (AvgIpc) is 2.60. The van der Waals surface area contributed by atoms with Crippen molar-refractivity contribution in [1.29, 1.82) is 0 Å². The molecule has 5 nitrogen and oxygen atoms in total. The van der Waals surface area contributed by atoms with Crippen LogP contribution < -0.4 is 21.9 Å². The minimum atomic E-state index is -0.297. The fourth-order valence-corrected chi connectivity index (χ4v) is 2.20. The van der Waals surface area contributed by atoms with Gasteiger partial charge in [-0.05, 0) is 41.0 Å². The number of nitrogens with one attached hydrogen (secondary N) is 1. The molecule has 0 fully saturated rings. The van der Waals surface area contributed by atoms with Crippen LogP contribution in [0.25, 0.3) is 11.1 Å². The topological polar surface area (TPSA) is 84.4 Å². The Morgan fingerprint density at radius 1 is 1.21 bits per heavy atom. The van der Waals surface area contributed by atoms with Crippen LogP contribution in [-0.2, 0) is 11.3 Å². The van der Waals surface area contributed by atoms with E-state index < -0.39 is 0 Å². The van der Waals surface area contributed by atoms with Gasteiger partial charge < -0.3 is 11.1 Å². The molecule has 0 aliphatic rings. The van der Waals surface area contributed by atoms with Gasteiger partial charge in [0.25, 0.3) is 0 Å². The number of benzene rings is 2. The van der Waals surface area contributed by atoms with E-state index in [9.17, 15) is 9.18 Å². The summed E-state index contributed by atoms with van der Waals surface area (Å²) in [5.41, 5.74) is 8.59. The Kier molecular flexibility index (Phi) is 5.70. The first-order chi connectivity index (χ1) is 11.5. The lowest BCUT2D eigenvalue weighted by Gasteiger charge is -2.19. The van der Waals surface area contributed by atoms with Gasteiger partial charge in [-0.3, -0.25) is 9.80 Å². The van der Waals surface area contributed by atoms with Crippen molar-refractivity contribution < 1.29 is 9.18 Å². The third-order valence-electron chi connectivity index (χ3n) is 3.43. The summed E-state index contributed by atoms with van der Waals surface area (Å²) in [5, 5.41) is 4.07. The monoisotopic (exact) mass is 326 g/mol. The summed E-state index contributed by atoms with van der Waals surface area (Å²) < 4.78 is 13.1. The second kappa shape index (κ2) is 7.94. The van der Waals surface area contributed by atoms with Crippen molar-refractivity contribution in [2.24, 2.45) is 11.6 Å². The number of hydrogen-bond donors (Lipinski definition) is 3. The van der Waals surface area contributed by atoms with E-state index in [0.717, 1.165) is 16.7 Å². The molecule has 0 aromatic heterocycles. The molecule has 0 spiro atoms. The van der Waals surface area contributed by atoms with E-state index in [1.807, 2.05) is 18.2 Å². The minimum absolute atomic E-state index is 0.276. The Bertz CT molecular complexity index is 756. The maximum atomic E-state index is 13.1. The molecule has 0 saturated carbocycles. The first-order valence-corrected chi connectivity index (χ1v) is 7.26. The fraction of sp³-hybridized carbons (Fsp3) is 0.0556. The summed E-state index contributed by atoms with van der Waals surface area (Å²) in [6.45, 7) is 3.70. The second-order valence-corrected chi connectivity index (χ2v) is 5.02. The average molecular weight is 326 g/mol. The maximum Gasteiger partial charge on any atom is 0.243 e. The lowest BCUT2D eigenvalue weighted by atomic mass is 10.0. The Morgan fingerprint density at radius 2 is 1.88 bits per heavy atom. The highest BCUT2D eigenvalue weighted by Gasteiger charge is 2.10. The zero-order valence-corrected chi connectivity index (χ0v) is 13.1. The van der Waals surface area contributed by atoms with E-state index in [1.165, 1.54) is 35.6 Å². The maximum absolute atomic E-state index is 13.1. The second-order valence-electron chi connectivity index (χ2n) is 5.02. The molecule has 24 heavy (non-hydrogen) atoms. The van der Waals surface area contributed by atoms with Crippen molar-refractivity contribution in [3.63, 3.8) is 0 Å². The molecule has 1 amide bonds. The molecule has 2 aromatic carbocycles. The number of carbonyl (C=O) groups excluding carboxylic acids is 1. The van der Waals surface area contributed by atoms with Crippen molar-refractivity contribution >= 4 is 11.6 Å². The predicted octanol–water partition coefficient (Wildman–Crippen LogP) is 2.40. The zero-order chi connectivity index (χ0) is 17.5. The molecule has 0 bridgehead atoms. The Morgan fingerprint density at radius 3 is 2.50 bits per heavy atom. The van der Waals surface area contributed by atoms with Gasteiger partial charge in [0.05, 0.1) is 5.69 Å². The normalized spacial score (nSPS) is 10.6. The molecule has 0 unspecified atom stereocenters. The molecule has 6 heteroatoms. The van der Waals surface area contributed by atoms with Gasteiger partial charge in [0.2, 0.25) is 5.91 Å². The first kappa shape index (κ1) is 17.2. The van der Waals surface area contributed by atoms with E-state index >= 15 is 0 Å². The summed E-state index contributed by atoms with van der Waals surface area (Å²) in [5.74, 6) is 5.42. The van der Waals surface area contributed by atoms with Crippen LogP contribution in [0.4, 0.5) is 10.1 Å². The number of nitrogens with two attached hydrogens (primary N) is 2. The highest BCUT2D eigenvalue weighted by Crippen LogP contribution is 2.27. The van der Waals surface area contributed by atoms with E-state index in [-0.39, 0.29) is 18.3 Å². The summed E-state index contributed by atoms with van der Waals surface area (Å²) in [6.07, 6.45) is 4.02. The Balaban J connectivity index is 2.39. The molecule has 0 heterocycles. The first-order valence-electron chi connectivity index (χ1n) is 7.26. The van der Waals surface area contributed by atoms with Gasteiger partial charge >= 0.3 is 0 Å². The van der Waals surface area contributed by atoms with Crippen molar-refractivity contribution in [1.82, 2.24) is 5.32 Å². The van der Waals surface area contributed by atoms with Gasteiger partial charge in [-0.25, -0.2) is 10.2 Å². The quantitative estimate of drug-likeness (QED) is 0.432. The molecule has 0 aliphatic heterocycles. The SMILES string of the molecule is C=CC(=O)NCc1ccc(-c2ccc(F)cc2)cc1N(N)/C=C\N. The van der Waals surface area contributed by atoms with Gasteiger partial charge in [0, 0.05) is 18.9 Å². The van der Waals surface area contributed by atoms with Gasteiger partial charge in [0.15, 0.2) is 0 Å². The van der Waals surface area contributed by atoms with Crippen LogP contribution in [0.15, 0.2) is 67.5 Å². The minimum Gasteiger partial charge on any atom is -0.403 e. The summed E-state index contributed by atoms with van der Waals surface area (Å²) in [7, 11) is 0. The van der Waals surface area contributed by atoms with E-state index in [4.69, 9.17) is 11.6 Å². The molecule has 2 rings (SSSR count). The number of hydrazine groups is 1. The summed E-state index contributed by atoms with van der Waals surface area (Å²) in [4.78, 5) is 11.4. The third kappa shape index (κ3) is 4.21. The number of amides is 1. The van der Waals surface area contributed by atoms with E-state index in [0.29, 0.717) is 5.69 Å². The summed E-state index contributed by atoms with van der Waals surface area (Å²) >= 11 is 0. The number of anilines is 1. The third-order valence-corrected chi connectivity index (χ3v) is 3.43. The van der Waals surface area contributed by atoms with Crippen LogP contribution in [0.1, 0.15) is 5.56 Å². The number of rotatable bonds is 6. The molecular formula is C18H19FN4O. The number of nitrogens with zero attached hydrogens (tertiary/aromatic N) is 1. The van der Waals surface area contributed by atoms with Gasteiger partial charge in [0.1, 0.15) is 5.82 Å². The van der Waals surface area contributed by atoms with Gasteiger partial charge in [-0.1, -0.05) is 30.8 Å². The number of carbonyl (C=O) groups is 1. The van der Waals surface area contributed by atoms with Crippen LogP contribution in [-0.4, -0.2) is 5.91 Å². The molecule has 124 valence electrons. The van der Waals surface area contributed by atoms with E-state index in [2.05, 4.69) is 11.9 Å². The predicted molar refractivity (Wildman–Crippen MR) is 93.9 cm³/mol. The van der Waals surface area contributed by atoms with Crippen molar-refractivity contribution in [2.75, 3.05) is 5.01 Å². The highest BCUT2D eigenvalue weighted by atomic mass is 19.1. The fourth-order valence-electron chi connectivity index (χ4n) is 2.20. The lowest BCUT2D eigenvalue weighted by molar-refractivity contribution is -0.116. The highest BCUT2D eigenvalue weighted by molar-refractivity contribution is 5.87. The van der Waals surface area contributed by atoms with Crippen LogP contribution in [0.5, 0.6) is 0 Å². The zero-order valence-electron chi connectivity index (χ0n) is 13.1. The molecule has 0 radical (unpaired) electrons. The standard InChI is InChI=1S/C18H19FN4O/c1-2-18(24)22-12-15-4-3-14(11-17(15)23(21)10-9-20)13-5-7-16(19)8-6-13/h2-11H,1,12,20-21H2,(H,22,24)/b10-9-. The Labute approximate surface area is 140 Å². The Hall–Kier alpha value is -3.12. The number of halogens is 1. The molecule has 0 aliphatic carbocycles. The molecule has 0 atom stereocenters. The molecule has 2 aromatic rings. The van der Waals surface area contributed by atoms with Crippen molar-refractivity contribution in [3.05, 3.63) is 78.9 Å². The van der Waals surface area contributed by atoms with Crippen molar-refractivity contribution in [2.45, 2.75) is 6.54 Å². The van der Waals surface area contributed by atoms with Gasteiger partial charge in [-0.15, -0.1) is 0 Å². The molecule has 5 N–H and O–H groups in total. The van der Waals surface area contributed by atoms with Crippen molar-refractivity contribution in [3.8, 4) is 11.1 Å². The van der Waals surface area contributed by atoms with Crippen LogP contribution >= 0.6 is 0 Å². The van der Waals surface area contributed by atoms with Crippen LogP contribution in [0, 0.1) is 5.82 Å². The summed E-state index contributed by atoms with van der Waals surface area (Å²) in [6, 6.07) is 11.7. The molecule has 0 saturated heterocycles. The van der Waals surface area contributed by atoms with Gasteiger partial charge in [-0.2, -0.15) is 0 Å². The van der Waals surface area contributed by atoms with E-state index in [1.54, 1.807) is 12.1 Å². The lowest BCUT2D eigenvalue weighted by Crippen LogP contribution is -2.28.